The quantitative estimate of drug-likeness (QED) is 0.583. The summed E-state index contributed by atoms with van der Waals surface area (Å²) in [6.07, 6.45) is -3.09. The van der Waals surface area contributed by atoms with Crippen molar-refractivity contribution in [2.45, 2.75) is 12.7 Å². The zero-order valence-electron chi connectivity index (χ0n) is 13.7. The van der Waals surface area contributed by atoms with E-state index in [2.05, 4.69) is 20.0 Å². The van der Waals surface area contributed by atoms with Crippen molar-refractivity contribution in [1.29, 1.82) is 0 Å². The highest BCUT2D eigenvalue weighted by Crippen LogP contribution is 2.27. The van der Waals surface area contributed by atoms with Crippen LogP contribution in [0, 0.1) is 0 Å². The van der Waals surface area contributed by atoms with Gasteiger partial charge in [-0.05, 0) is 29.8 Å². The molecular weight excluding hydrogens is 373 g/mol. The van der Waals surface area contributed by atoms with Gasteiger partial charge in [0, 0.05) is 18.0 Å². The number of aromatic nitrogens is 1. The summed E-state index contributed by atoms with van der Waals surface area (Å²) in [5.41, 5.74) is 7.00. The molecule has 0 spiro atoms. The molecule has 0 saturated carbocycles. The van der Waals surface area contributed by atoms with Crippen LogP contribution in [0.4, 0.5) is 18.9 Å². The van der Waals surface area contributed by atoms with Gasteiger partial charge >= 0.3 is 6.18 Å². The Labute approximate surface area is 152 Å². The van der Waals surface area contributed by atoms with E-state index in [1.165, 1.54) is 19.4 Å². The molecule has 140 valence electrons. The second kappa shape index (κ2) is 8.61. The molecule has 1 aromatic carbocycles. The van der Waals surface area contributed by atoms with Crippen LogP contribution in [-0.2, 0) is 6.54 Å². The third-order valence-corrected chi connectivity index (χ3v) is 3.33. The van der Waals surface area contributed by atoms with E-state index in [4.69, 9.17) is 22.1 Å². The molecule has 0 fully saturated rings. The molecule has 0 bridgehead atoms. The van der Waals surface area contributed by atoms with E-state index >= 15 is 0 Å². The molecule has 0 atom stereocenters. The molecule has 2 aromatic rings. The summed E-state index contributed by atoms with van der Waals surface area (Å²) in [4.78, 5) is 7.83. The van der Waals surface area contributed by atoms with Gasteiger partial charge in [-0.3, -0.25) is 0 Å². The Morgan fingerprint density at radius 2 is 2.08 bits per heavy atom. The summed E-state index contributed by atoms with van der Waals surface area (Å²) in [6, 6.07) is 7.97. The fourth-order valence-electron chi connectivity index (χ4n) is 1.89. The highest BCUT2D eigenvalue weighted by molar-refractivity contribution is 6.32. The second-order valence-electron chi connectivity index (χ2n) is 5.08. The Bertz CT molecular complexity index is 784. The lowest BCUT2D eigenvalue weighted by molar-refractivity contribution is -0.154. The highest BCUT2D eigenvalue weighted by atomic mass is 35.5. The minimum absolute atomic E-state index is 0.112. The molecule has 0 unspecified atom stereocenters. The summed E-state index contributed by atoms with van der Waals surface area (Å²) in [5.74, 6) is 0.500. The number of hydrogen-bond donors (Lipinski definition) is 2. The largest absolute Gasteiger partial charge is 0.495 e. The van der Waals surface area contributed by atoms with E-state index in [1.807, 2.05) is 0 Å². The average Bonchev–Trinajstić information content (AvgIpc) is 2.58. The van der Waals surface area contributed by atoms with Gasteiger partial charge in [0.05, 0.1) is 18.7 Å². The van der Waals surface area contributed by atoms with Gasteiger partial charge in [0.1, 0.15) is 5.75 Å². The maximum atomic E-state index is 12.2. The molecule has 0 radical (unpaired) electrons. The first-order chi connectivity index (χ1) is 12.3. The van der Waals surface area contributed by atoms with Crippen LogP contribution in [0.3, 0.4) is 0 Å². The molecule has 0 aliphatic heterocycles. The molecule has 0 aliphatic carbocycles. The van der Waals surface area contributed by atoms with E-state index in [-0.39, 0.29) is 18.4 Å². The number of ether oxygens (including phenoxy) is 2. The monoisotopic (exact) mass is 388 g/mol. The summed E-state index contributed by atoms with van der Waals surface area (Å²) in [6.45, 7) is -1.28. The van der Waals surface area contributed by atoms with Gasteiger partial charge in [0.15, 0.2) is 12.6 Å². The van der Waals surface area contributed by atoms with Crippen molar-refractivity contribution in [3.63, 3.8) is 0 Å². The number of halogens is 4. The topological polar surface area (TPSA) is 81.8 Å². The van der Waals surface area contributed by atoms with Crippen molar-refractivity contribution in [1.82, 2.24) is 4.98 Å². The van der Waals surface area contributed by atoms with Crippen molar-refractivity contribution in [3.8, 4) is 11.6 Å². The minimum Gasteiger partial charge on any atom is -0.495 e. The third kappa shape index (κ3) is 6.32. The van der Waals surface area contributed by atoms with E-state index in [0.717, 1.165) is 0 Å². The van der Waals surface area contributed by atoms with Crippen molar-refractivity contribution >= 4 is 23.2 Å². The summed E-state index contributed by atoms with van der Waals surface area (Å²) < 4.78 is 46.1. The Kier molecular flexibility index (Phi) is 6.51. The van der Waals surface area contributed by atoms with Gasteiger partial charge < -0.3 is 20.5 Å². The summed E-state index contributed by atoms with van der Waals surface area (Å²) in [7, 11) is 1.51. The zero-order chi connectivity index (χ0) is 19.2. The number of rotatable bonds is 6. The number of hydrogen-bond acceptors (Lipinski definition) is 4. The smallest absolute Gasteiger partial charge is 0.422 e. The zero-order valence-corrected chi connectivity index (χ0v) is 14.4. The van der Waals surface area contributed by atoms with E-state index in [1.54, 1.807) is 24.3 Å². The number of benzene rings is 1. The Hall–Kier alpha value is -2.68. The molecule has 3 N–H and O–H groups in total. The van der Waals surface area contributed by atoms with E-state index in [0.29, 0.717) is 22.0 Å². The third-order valence-electron chi connectivity index (χ3n) is 3.04. The van der Waals surface area contributed by atoms with Crippen LogP contribution in [0.25, 0.3) is 0 Å². The SMILES string of the molecule is COc1ccc(NC(N)=NCc2ccnc(OCC(F)(F)F)c2)cc1Cl. The molecule has 0 saturated heterocycles. The maximum Gasteiger partial charge on any atom is 0.422 e. The van der Waals surface area contributed by atoms with Crippen LogP contribution in [0.1, 0.15) is 5.56 Å². The van der Waals surface area contributed by atoms with Crippen molar-refractivity contribution in [3.05, 3.63) is 47.1 Å². The van der Waals surface area contributed by atoms with Crippen molar-refractivity contribution < 1.29 is 22.6 Å². The second-order valence-corrected chi connectivity index (χ2v) is 5.49. The van der Waals surface area contributed by atoms with Crippen LogP contribution in [0.15, 0.2) is 41.5 Å². The Balaban J connectivity index is 1.97. The summed E-state index contributed by atoms with van der Waals surface area (Å²) in [5, 5.41) is 3.26. The molecule has 10 heteroatoms. The van der Waals surface area contributed by atoms with Crippen LogP contribution in [-0.4, -0.2) is 30.8 Å². The first-order valence-electron chi connectivity index (χ1n) is 7.32. The van der Waals surface area contributed by atoms with Crippen LogP contribution < -0.4 is 20.5 Å². The highest BCUT2D eigenvalue weighted by Gasteiger charge is 2.28. The lowest BCUT2D eigenvalue weighted by Gasteiger charge is -2.09. The fraction of sp³-hybridized carbons (Fsp3) is 0.250. The van der Waals surface area contributed by atoms with Crippen LogP contribution in [0.2, 0.25) is 5.02 Å². The molecule has 1 aromatic heterocycles. The molecule has 0 aliphatic rings. The van der Waals surface area contributed by atoms with Gasteiger partial charge in [0.2, 0.25) is 5.88 Å². The lowest BCUT2D eigenvalue weighted by atomic mass is 10.3. The Morgan fingerprint density at radius 1 is 1.31 bits per heavy atom. The number of aliphatic imine (C=N–C) groups is 1. The molecule has 0 amide bonds. The van der Waals surface area contributed by atoms with Gasteiger partial charge in [-0.25, -0.2) is 9.98 Å². The molecule has 6 nitrogen and oxygen atoms in total. The number of nitrogens with two attached hydrogens (primary N) is 1. The van der Waals surface area contributed by atoms with E-state index < -0.39 is 12.8 Å². The lowest BCUT2D eigenvalue weighted by Crippen LogP contribution is -2.22. The molecule has 1 heterocycles. The van der Waals surface area contributed by atoms with Gasteiger partial charge in [-0.1, -0.05) is 11.6 Å². The minimum atomic E-state index is -4.43. The van der Waals surface area contributed by atoms with Crippen LogP contribution in [0.5, 0.6) is 11.6 Å². The first kappa shape index (κ1) is 19.6. The predicted molar refractivity (Wildman–Crippen MR) is 92.7 cm³/mol. The molecule has 26 heavy (non-hydrogen) atoms. The summed E-state index contributed by atoms with van der Waals surface area (Å²) >= 11 is 6.02. The average molecular weight is 389 g/mol. The maximum absolute atomic E-state index is 12.2. The number of guanidine groups is 1. The van der Waals surface area contributed by atoms with Gasteiger partial charge in [-0.2, -0.15) is 13.2 Å². The fourth-order valence-corrected chi connectivity index (χ4v) is 2.15. The number of nitrogens with one attached hydrogen (secondary N) is 1. The number of methoxy groups -OCH3 is 1. The van der Waals surface area contributed by atoms with Crippen molar-refractivity contribution in [2.24, 2.45) is 10.7 Å². The predicted octanol–water partition coefficient (Wildman–Crippen LogP) is 3.61. The Morgan fingerprint density at radius 3 is 2.73 bits per heavy atom. The standard InChI is InChI=1S/C16H16ClF3N4O2/c1-25-13-3-2-11(7-12(13)17)24-15(21)23-8-10-4-5-22-14(6-10)26-9-16(18,19)20/h2-7H,8-9H2,1H3,(H3,21,23,24). The number of alkyl halides is 3. The molecular formula is C16H16ClF3N4O2. The normalized spacial score (nSPS) is 12.0. The van der Waals surface area contributed by atoms with E-state index in [9.17, 15) is 13.2 Å². The van der Waals surface area contributed by atoms with Crippen molar-refractivity contribution in [2.75, 3.05) is 19.0 Å². The molecule has 2 rings (SSSR count). The van der Waals surface area contributed by atoms with Gasteiger partial charge in [-0.15, -0.1) is 0 Å². The first-order valence-corrected chi connectivity index (χ1v) is 7.69. The van der Waals surface area contributed by atoms with Gasteiger partial charge in [0.25, 0.3) is 0 Å². The number of pyridine rings is 1. The number of anilines is 1. The van der Waals surface area contributed by atoms with Crippen LogP contribution >= 0.6 is 11.6 Å². The number of nitrogens with zero attached hydrogens (tertiary/aromatic N) is 2.